The molecule has 0 aliphatic carbocycles. The summed E-state index contributed by atoms with van der Waals surface area (Å²) in [6, 6.07) is 2.20. The van der Waals surface area contributed by atoms with E-state index in [4.69, 9.17) is 5.26 Å². The Hall–Kier alpha value is -1.04. The lowest BCUT2D eigenvalue weighted by Gasteiger charge is -2.03. The maximum atomic E-state index is 10.9. The van der Waals surface area contributed by atoms with Gasteiger partial charge in [-0.25, -0.2) is 0 Å². The first kappa shape index (κ1) is 21.0. The monoisotopic (exact) mass is 309 g/mol. The van der Waals surface area contributed by atoms with Crippen molar-refractivity contribution in [3.05, 3.63) is 0 Å². The van der Waals surface area contributed by atoms with Crippen molar-refractivity contribution >= 4 is 5.97 Å². The molecule has 0 N–H and O–H groups in total. The van der Waals surface area contributed by atoms with Crippen molar-refractivity contribution in [2.24, 2.45) is 0 Å². The number of esters is 1. The Morgan fingerprint density at radius 2 is 1.09 bits per heavy atom. The van der Waals surface area contributed by atoms with Gasteiger partial charge in [-0.2, -0.15) is 5.26 Å². The smallest absolute Gasteiger partial charge is 0.305 e. The van der Waals surface area contributed by atoms with Crippen LogP contribution in [0.2, 0.25) is 0 Å². The minimum absolute atomic E-state index is 0.0786. The van der Waals surface area contributed by atoms with E-state index in [1.165, 1.54) is 77.7 Å². The fourth-order valence-corrected chi connectivity index (χ4v) is 2.70. The van der Waals surface area contributed by atoms with E-state index in [9.17, 15) is 4.79 Å². The average Bonchev–Trinajstić information content (AvgIpc) is 2.54. The van der Waals surface area contributed by atoms with Crippen molar-refractivity contribution in [1.82, 2.24) is 0 Å². The number of rotatable bonds is 16. The van der Waals surface area contributed by atoms with Gasteiger partial charge in [0.25, 0.3) is 0 Å². The van der Waals surface area contributed by atoms with Crippen LogP contribution in [0.3, 0.4) is 0 Å². The highest BCUT2D eigenvalue weighted by atomic mass is 16.5. The van der Waals surface area contributed by atoms with Crippen molar-refractivity contribution in [2.45, 2.75) is 103 Å². The molecule has 0 bridgehead atoms. The lowest BCUT2D eigenvalue weighted by Crippen LogP contribution is -1.99. The van der Waals surface area contributed by atoms with Gasteiger partial charge >= 0.3 is 5.97 Å². The number of ether oxygens (including phenoxy) is 1. The van der Waals surface area contributed by atoms with E-state index >= 15 is 0 Å². The van der Waals surface area contributed by atoms with Gasteiger partial charge < -0.3 is 4.74 Å². The van der Waals surface area contributed by atoms with E-state index in [0.29, 0.717) is 6.42 Å². The van der Waals surface area contributed by atoms with Crippen molar-refractivity contribution in [1.29, 1.82) is 5.26 Å². The van der Waals surface area contributed by atoms with Gasteiger partial charge in [0.2, 0.25) is 0 Å². The van der Waals surface area contributed by atoms with Crippen molar-refractivity contribution in [2.75, 3.05) is 7.11 Å². The largest absolute Gasteiger partial charge is 0.469 e. The Kier molecular flexibility index (Phi) is 17.2. The number of hydrogen-bond donors (Lipinski definition) is 0. The normalized spacial score (nSPS) is 10.4. The Morgan fingerprint density at radius 3 is 1.45 bits per heavy atom. The second-order valence-electron chi connectivity index (χ2n) is 6.18. The van der Waals surface area contributed by atoms with E-state index in [0.717, 1.165) is 25.7 Å². The number of nitrogens with zero attached hydrogens (tertiary/aromatic N) is 1. The van der Waals surface area contributed by atoms with Crippen LogP contribution in [-0.2, 0) is 9.53 Å². The summed E-state index contributed by atoms with van der Waals surface area (Å²) >= 11 is 0. The third kappa shape index (κ3) is 17.0. The highest BCUT2D eigenvalue weighted by Crippen LogP contribution is 2.13. The Balaban J connectivity index is 3.00. The molecule has 22 heavy (non-hydrogen) atoms. The minimum atomic E-state index is -0.0786. The second kappa shape index (κ2) is 18.0. The maximum Gasteiger partial charge on any atom is 0.305 e. The molecule has 128 valence electrons. The van der Waals surface area contributed by atoms with Gasteiger partial charge in [-0.05, 0) is 12.8 Å². The summed E-state index contributed by atoms with van der Waals surface area (Å²) in [7, 11) is 1.46. The van der Waals surface area contributed by atoms with Gasteiger partial charge in [0.15, 0.2) is 0 Å². The molecule has 0 saturated heterocycles. The number of methoxy groups -OCH3 is 1. The first-order valence-corrected chi connectivity index (χ1v) is 9.25. The molecule has 0 fully saturated rings. The van der Waals surface area contributed by atoms with E-state index in [2.05, 4.69) is 10.8 Å². The molecular weight excluding hydrogens is 274 g/mol. The molecular formula is C19H35NO2. The molecule has 0 aromatic carbocycles. The number of hydrogen-bond acceptors (Lipinski definition) is 3. The van der Waals surface area contributed by atoms with Gasteiger partial charge in [0.05, 0.1) is 13.2 Å². The van der Waals surface area contributed by atoms with Crippen LogP contribution in [0.5, 0.6) is 0 Å². The number of carbonyl (C=O) groups is 1. The van der Waals surface area contributed by atoms with Gasteiger partial charge in [0, 0.05) is 12.8 Å². The van der Waals surface area contributed by atoms with Crippen LogP contribution in [0.1, 0.15) is 103 Å². The molecule has 0 spiro atoms. The van der Waals surface area contributed by atoms with E-state index in [1.807, 2.05) is 0 Å². The summed E-state index contributed by atoms with van der Waals surface area (Å²) < 4.78 is 4.62. The summed E-state index contributed by atoms with van der Waals surface area (Å²) in [4.78, 5) is 10.9. The molecule has 0 aliphatic heterocycles. The molecule has 0 heterocycles. The number of unbranched alkanes of at least 4 members (excludes halogenated alkanes) is 14. The van der Waals surface area contributed by atoms with E-state index in [-0.39, 0.29) is 5.97 Å². The fraction of sp³-hybridized carbons (Fsp3) is 0.895. The van der Waals surface area contributed by atoms with Crippen LogP contribution in [-0.4, -0.2) is 13.1 Å². The molecule has 0 radical (unpaired) electrons. The quantitative estimate of drug-likeness (QED) is 0.262. The van der Waals surface area contributed by atoms with Crippen LogP contribution in [0.4, 0.5) is 0 Å². The first-order chi connectivity index (χ1) is 10.8. The zero-order chi connectivity index (χ0) is 16.3. The van der Waals surface area contributed by atoms with Crippen LogP contribution >= 0.6 is 0 Å². The number of nitriles is 1. The maximum absolute atomic E-state index is 10.9. The van der Waals surface area contributed by atoms with Crippen molar-refractivity contribution in [3.8, 4) is 6.07 Å². The molecule has 0 atom stereocenters. The van der Waals surface area contributed by atoms with Crippen LogP contribution < -0.4 is 0 Å². The lowest BCUT2D eigenvalue weighted by atomic mass is 10.0. The van der Waals surface area contributed by atoms with Crippen LogP contribution in [0.15, 0.2) is 0 Å². The highest BCUT2D eigenvalue weighted by molar-refractivity contribution is 5.68. The Morgan fingerprint density at radius 1 is 0.727 bits per heavy atom. The highest BCUT2D eigenvalue weighted by Gasteiger charge is 1.99. The van der Waals surface area contributed by atoms with Gasteiger partial charge in [-0.15, -0.1) is 0 Å². The van der Waals surface area contributed by atoms with E-state index < -0.39 is 0 Å². The van der Waals surface area contributed by atoms with Gasteiger partial charge in [-0.1, -0.05) is 77.0 Å². The summed E-state index contributed by atoms with van der Waals surface area (Å²) in [6.07, 6.45) is 19.1. The molecule has 0 aliphatic rings. The summed E-state index contributed by atoms with van der Waals surface area (Å²) in [5.41, 5.74) is 0. The lowest BCUT2D eigenvalue weighted by molar-refractivity contribution is -0.140. The third-order valence-electron chi connectivity index (χ3n) is 4.15. The molecule has 0 unspecified atom stereocenters. The molecule has 3 heteroatoms. The second-order valence-corrected chi connectivity index (χ2v) is 6.18. The summed E-state index contributed by atoms with van der Waals surface area (Å²) in [5.74, 6) is -0.0786. The molecule has 0 amide bonds. The van der Waals surface area contributed by atoms with Crippen LogP contribution in [0.25, 0.3) is 0 Å². The first-order valence-electron chi connectivity index (χ1n) is 9.25. The molecule has 0 saturated carbocycles. The molecule has 3 nitrogen and oxygen atoms in total. The Bertz CT molecular complexity index is 284. The SMILES string of the molecule is COC(=O)CCCCCCCCCCCCCCCCC#N. The predicted molar refractivity (Wildman–Crippen MR) is 91.5 cm³/mol. The average molecular weight is 309 g/mol. The van der Waals surface area contributed by atoms with Crippen molar-refractivity contribution in [3.63, 3.8) is 0 Å². The zero-order valence-corrected chi connectivity index (χ0v) is 14.6. The standard InChI is InChI=1S/C19H35NO2/c1-22-19(21)17-15-13-11-9-7-5-3-2-4-6-8-10-12-14-16-18-20/h2-17H2,1H3. The fourth-order valence-electron chi connectivity index (χ4n) is 2.70. The van der Waals surface area contributed by atoms with Gasteiger partial charge in [0.1, 0.15) is 0 Å². The third-order valence-corrected chi connectivity index (χ3v) is 4.15. The van der Waals surface area contributed by atoms with Gasteiger partial charge in [-0.3, -0.25) is 4.79 Å². The number of carbonyl (C=O) groups excluding carboxylic acids is 1. The van der Waals surface area contributed by atoms with Crippen molar-refractivity contribution < 1.29 is 9.53 Å². The molecule has 0 rings (SSSR count). The minimum Gasteiger partial charge on any atom is -0.469 e. The predicted octanol–water partition coefficient (Wildman–Crippen LogP) is 5.92. The zero-order valence-electron chi connectivity index (χ0n) is 14.6. The summed E-state index contributed by atoms with van der Waals surface area (Å²) in [6.45, 7) is 0. The molecule has 0 aromatic rings. The summed E-state index contributed by atoms with van der Waals surface area (Å²) in [5, 5.41) is 8.43. The van der Waals surface area contributed by atoms with Crippen LogP contribution in [0, 0.1) is 11.3 Å². The van der Waals surface area contributed by atoms with E-state index in [1.54, 1.807) is 0 Å². The molecule has 0 aromatic heterocycles. The topological polar surface area (TPSA) is 50.1 Å². The Labute approximate surface area is 137 Å².